The first-order valence-electron chi connectivity index (χ1n) is 6.79. The molecule has 19 heavy (non-hydrogen) atoms. The summed E-state index contributed by atoms with van der Waals surface area (Å²) in [5.74, 6) is -0.00107. The van der Waals surface area contributed by atoms with Crippen molar-refractivity contribution in [2.24, 2.45) is 0 Å². The van der Waals surface area contributed by atoms with Crippen LogP contribution in [0.2, 0.25) is 0 Å². The number of amides is 1. The van der Waals surface area contributed by atoms with Gasteiger partial charge in [-0.3, -0.25) is 4.79 Å². The molecule has 0 aliphatic rings. The molecule has 0 aliphatic carbocycles. The summed E-state index contributed by atoms with van der Waals surface area (Å²) in [4.78, 5) is 14.1. The molecular weight excluding hydrogens is 242 g/mol. The Morgan fingerprint density at radius 3 is 2.68 bits per heavy atom. The third-order valence-corrected chi connectivity index (χ3v) is 3.06. The molecule has 0 atom stereocenters. The van der Waals surface area contributed by atoms with E-state index in [1.54, 1.807) is 18.0 Å². The molecule has 1 aromatic heterocycles. The topological polar surface area (TPSA) is 66.3 Å². The molecule has 0 fully saturated rings. The molecule has 1 rings (SSSR count). The van der Waals surface area contributed by atoms with Gasteiger partial charge in [0.1, 0.15) is 0 Å². The van der Waals surface area contributed by atoms with E-state index in [4.69, 9.17) is 5.11 Å². The van der Waals surface area contributed by atoms with Gasteiger partial charge in [0, 0.05) is 20.2 Å². The van der Waals surface area contributed by atoms with Crippen molar-refractivity contribution in [3.8, 4) is 0 Å². The van der Waals surface area contributed by atoms with E-state index in [2.05, 4.69) is 10.2 Å². The highest BCUT2D eigenvalue weighted by Crippen LogP contribution is 2.11. The van der Waals surface area contributed by atoms with Crippen LogP contribution >= 0.6 is 0 Å². The van der Waals surface area contributed by atoms with Crippen LogP contribution in [0.1, 0.15) is 47.9 Å². The van der Waals surface area contributed by atoms with Gasteiger partial charge in [0.25, 0.3) is 5.91 Å². The lowest BCUT2D eigenvalue weighted by Crippen LogP contribution is -2.29. The predicted molar refractivity (Wildman–Crippen MR) is 74.0 cm³/mol. The van der Waals surface area contributed by atoms with Crippen LogP contribution < -0.4 is 0 Å². The summed E-state index contributed by atoms with van der Waals surface area (Å²) in [5, 5.41) is 16.8. The van der Waals surface area contributed by atoms with Gasteiger partial charge in [0.15, 0.2) is 0 Å². The van der Waals surface area contributed by atoms with Crippen molar-refractivity contribution in [1.29, 1.82) is 0 Å². The van der Waals surface area contributed by atoms with Crippen LogP contribution in [0.3, 0.4) is 0 Å². The highest BCUT2D eigenvalue weighted by molar-refractivity contribution is 5.95. The van der Waals surface area contributed by atoms with Crippen LogP contribution in [0.5, 0.6) is 0 Å². The highest BCUT2D eigenvalue weighted by atomic mass is 16.2. The quantitative estimate of drug-likeness (QED) is 0.760. The molecule has 1 aromatic rings. The van der Waals surface area contributed by atoms with Gasteiger partial charge in [-0.15, -0.1) is 0 Å². The van der Waals surface area contributed by atoms with E-state index < -0.39 is 0 Å². The number of aryl methyl sites for hydroxylation is 2. The molecule has 1 amide bonds. The maximum absolute atomic E-state index is 12.3. The molecule has 106 valence electrons. The molecule has 1 heterocycles. The third kappa shape index (κ3) is 4.59. The van der Waals surface area contributed by atoms with Crippen LogP contribution in [-0.2, 0) is 6.42 Å². The molecule has 0 aromatic carbocycles. The fourth-order valence-corrected chi connectivity index (χ4v) is 1.91. The number of nitrogens with zero attached hydrogens (tertiary/aromatic N) is 3. The van der Waals surface area contributed by atoms with E-state index in [0.29, 0.717) is 18.5 Å². The Balaban J connectivity index is 2.68. The fourth-order valence-electron chi connectivity index (χ4n) is 1.91. The van der Waals surface area contributed by atoms with Crippen molar-refractivity contribution in [3.63, 3.8) is 0 Å². The van der Waals surface area contributed by atoms with Crippen molar-refractivity contribution < 1.29 is 9.90 Å². The first-order chi connectivity index (χ1) is 9.10. The summed E-state index contributed by atoms with van der Waals surface area (Å²) in [6, 6.07) is 1.80. The van der Waals surface area contributed by atoms with Gasteiger partial charge in [-0.2, -0.15) is 10.2 Å². The minimum Gasteiger partial charge on any atom is -0.396 e. The predicted octanol–water partition coefficient (Wildman–Crippen LogP) is 1.58. The van der Waals surface area contributed by atoms with Crippen molar-refractivity contribution in [2.45, 2.75) is 39.5 Å². The molecule has 0 radical (unpaired) electrons. The molecule has 0 saturated heterocycles. The molecule has 0 saturated carbocycles. The number of carbonyl (C=O) groups is 1. The second-order valence-electron chi connectivity index (χ2n) is 4.71. The zero-order valence-corrected chi connectivity index (χ0v) is 12.0. The van der Waals surface area contributed by atoms with Crippen LogP contribution in [0.25, 0.3) is 0 Å². The summed E-state index contributed by atoms with van der Waals surface area (Å²) in [6.45, 7) is 4.72. The van der Waals surface area contributed by atoms with Gasteiger partial charge in [-0.05, 0) is 38.7 Å². The van der Waals surface area contributed by atoms with Gasteiger partial charge < -0.3 is 10.0 Å². The first-order valence-corrected chi connectivity index (χ1v) is 6.79. The largest absolute Gasteiger partial charge is 0.396 e. The summed E-state index contributed by atoms with van der Waals surface area (Å²) in [5.41, 5.74) is 2.16. The van der Waals surface area contributed by atoms with E-state index in [9.17, 15) is 4.79 Å². The molecule has 5 heteroatoms. The normalized spacial score (nSPS) is 10.5. The Morgan fingerprint density at radius 1 is 1.32 bits per heavy atom. The summed E-state index contributed by atoms with van der Waals surface area (Å²) < 4.78 is 0. The van der Waals surface area contributed by atoms with Gasteiger partial charge in [0.05, 0.1) is 17.0 Å². The minimum atomic E-state index is -0.00107. The molecule has 0 aliphatic heterocycles. The van der Waals surface area contributed by atoms with Gasteiger partial charge in [-0.25, -0.2) is 0 Å². The Hall–Kier alpha value is -1.49. The number of aromatic nitrogens is 2. The molecular formula is C14H23N3O2. The van der Waals surface area contributed by atoms with Crippen LogP contribution in [0, 0.1) is 6.92 Å². The van der Waals surface area contributed by atoms with E-state index in [0.717, 1.165) is 30.7 Å². The minimum absolute atomic E-state index is 0.00107. The van der Waals surface area contributed by atoms with E-state index >= 15 is 0 Å². The molecule has 0 spiro atoms. The Kier molecular flexibility index (Phi) is 6.42. The molecule has 5 nitrogen and oxygen atoms in total. The molecule has 1 N–H and O–H groups in total. The second-order valence-corrected chi connectivity index (χ2v) is 4.71. The summed E-state index contributed by atoms with van der Waals surface area (Å²) in [7, 11) is 1.80. The number of hydrogen-bond acceptors (Lipinski definition) is 4. The number of hydrogen-bond donors (Lipinski definition) is 1. The maximum Gasteiger partial charge on any atom is 0.255 e. The van der Waals surface area contributed by atoms with Crippen molar-refractivity contribution >= 4 is 5.91 Å². The molecule has 0 bridgehead atoms. The van der Waals surface area contributed by atoms with Crippen molar-refractivity contribution in [1.82, 2.24) is 15.1 Å². The van der Waals surface area contributed by atoms with Gasteiger partial charge in [0.2, 0.25) is 0 Å². The summed E-state index contributed by atoms with van der Waals surface area (Å²) >= 11 is 0. The standard InChI is InChI=1S/C14H23N3O2/c1-4-13-12(10-11(2)15-16-13)14(19)17(3)8-6-5-7-9-18/h10,18H,4-9H2,1-3H3. The van der Waals surface area contributed by atoms with Gasteiger partial charge in [-0.1, -0.05) is 6.92 Å². The Labute approximate surface area is 114 Å². The fraction of sp³-hybridized carbons (Fsp3) is 0.643. The van der Waals surface area contributed by atoms with E-state index in [1.807, 2.05) is 13.8 Å². The number of rotatable bonds is 7. The van der Waals surface area contributed by atoms with E-state index in [-0.39, 0.29) is 12.5 Å². The lowest BCUT2D eigenvalue weighted by Gasteiger charge is -2.18. The summed E-state index contributed by atoms with van der Waals surface area (Å²) in [6.07, 6.45) is 3.33. The zero-order valence-electron chi connectivity index (χ0n) is 12.0. The second kappa shape index (κ2) is 7.84. The zero-order chi connectivity index (χ0) is 14.3. The number of unbranched alkanes of at least 4 members (excludes halogenated alkanes) is 2. The van der Waals surface area contributed by atoms with Crippen LogP contribution in [0.4, 0.5) is 0 Å². The number of aliphatic hydroxyl groups excluding tert-OH is 1. The third-order valence-electron chi connectivity index (χ3n) is 3.06. The monoisotopic (exact) mass is 265 g/mol. The smallest absolute Gasteiger partial charge is 0.255 e. The van der Waals surface area contributed by atoms with Crippen molar-refractivity contribution in [2.75, 3.05) is 20.2 Å². The van der Waals surface area contributed by atoms with Crippen LogP contribution in [-0.4, -0.2) is 46.3 Å². The number of carbonyl (C=O) groups excluding carboxylic acids is 1. The molecule has 0 unspecified atom stereocenters. The average molecular weight is 265 g/mol. The van der Waals surface area contributed by atoms with Crippen molar-refractivity contribution in [3.05, 3.63) is 23.0 Å². The lowest BCUT2D eigenvalue weighted by atomic mass is 10.1. The maximum atomic E-state index is 12.3. The van der Waals surface area contributed by atoms with Crippen LogP contribution in [0.15, 0.2) is 6.07 Å². The van der Waals surface area contributed by atoms with Gasteiger partial charge >= 0.3 is 0 Å². The first kappa shape index (κ1) is 15.6. The number of aliphatic hydroxyl groups is 1. The average Bonchev–Trinajstić information content (AvgIpc) is 2.42. The SMILES string of the molecule is CCc1nnc(C)cc1C(=O)N(C)CCCCCO. The lowest BCUT2D eigenvalue weighted by molar-refractivity contribution is 0.0790. The Bertz CT molecular complexity index is 421. The Morgan fingerprint density at radius 2 is 2.05 bits per heavy atom. The van der Waals surface area contributed by atoms with E-state index in [1.165, 1.54) is 0 Å². The highest BCUT2D eigenvalue weighted by Gasteiger charge is 2.16.